The quantitative estimate of drug-likeness (QED) is 0.286. The van der Waals surface area contributed by atoms with Crippen molar-refractivity contribution in [2.75, 3.05) is 0 Å². The van der Waals surface area contributed by atoms with Crippen LogP contribution in [0.5, 0.6) is 17.4 Å². The van der Waals surface area contributed by atoms with Crippen LogP contribution >= 0.6 is 11.6 Å². The highest BCUT2D eigenvalue weighted by Gasteiger charge is 2.12. The number of hydrogen-bond acceptors (Lipinski definition) is 5. The predicted molar refractivity (Wildman–Crippen MR) is 118 cm³/mol. The number of aromatic hydroxyl groups is 3. The number of aliphatic imine (C=N–C) groups is 1. The number of aromatic nitrogens is 1. The number of benzene rings is 3. The standard InChI is InChI=1S/C23H17ClN2O4/c24-19-4-2-1-3-15(19)14-6-7-16-17(10-14)18(23(30)26-22(16)29)12-25-11-13-5-8-20(27)21(28)9-13/h1-10,12,27-28H,11H2,(H2,26,29,30). The van der Waals surface area contributed by atoms with Crippen LogP contribution in [0, 0.1) is 0 Å². The fourth-order valence-electron chi connectivity index (χ4n) is 3.24. The first-order valence-electron chi connectivity index (χ1n) is 9.08. The second-order valence-corrected chi connectivity index (χ2v) is 7.16. The molecule has 1 aromatic heterocycles. The van der Waals surface area contributed by atoms with E-state index in [1.54, 1.807) is 30.3 Å². The Hall–Kier alpha value is -3.77. The Balaban J connectivity index is 1.78. The lowest BCUT2D eigenvalue weighted by Crippen LogP contribution is -2.08. The Bertz CT molecular complexity index is 1350. The summed E-state index contributed by atoms with van der Waals surface area (Å²) in [6.45, 7) is 0.206. The number of pyridine rings is 1. The number of nitrogens with one attached hydrogen (secondary N) is 1. The molecule has 4 rings (SSSR count). The lowest BCUT2D eigenvalue weighted by atomic mass is 9.99. The number of rotatable bonds is 4. The van der Waals surface area contributed by atoms with E-state index in [0.717, 1.165) is 11.1 Å². The summed E-state index contributed by atoms with van der Waals surface area (Å²) in [6.07, 6.45) is 1.47. The summed E-state index contributed by atoms with van der Waals surface area (Å²) in [4.78, 5) is 19.0. The first-order chi connectivity index (χ1) is 14.4. The maximum absolute atomic E-state index is 12.3. The lowest BCUT2D eigenvalue weighted by molar-refractivity contribution is 0.403. The van der Waals surface area contributed by atoms with Crippen molar-refractivity contribution in [3.8, 4) is 28.5 Å². The van der Waals surface area contributed by atoms with E-state index in [9.17, 15) is 20.1 Å². The van der Waals surface area contributed by atoms with Gasteiger partial charge in [-0.05, 0) is 41.5 Å². The second kappa shape index (κ2) is 7.93. The molecule has 4 N–H and O–H groups in total. The van der Waals surface area contributed by atoms with Crippen LogP contribution in [0.15, 0.2) is 70.5 Å². The number of nitrogens with zero attached hydrogens (tertiary/aromatic N) is 1. The summed E-state index contributed by atoms with van der Waals surface area (Å²) in [6, 6.07) is 17.1. The molecule has 0 aliphatic heterocycles. The molecule has 0 bridgehead atoms. The van der Waals surface area contributed by atoms with Crippen LogP contribution in [0.3, 0.4) is 0 Å². The highest BCUT2D eigenvalue weighted by molar-refractivity contribution is 6.33. The van der Waals surface area contributed by atoms with Gasteiger partial charge < -0.3 is 15.3 Å². The van der Waals surface area contributed by atoms with Crippen molar-refractivity contribution in [3.63, 3.8) is 0 Å². The summed E-state index contributed by atoms with van der Waals surface area (Å²) < 4.78 is 0. The molecule has 150 valence electrons. The number of hydrogen-bond donors (Lipinski definition) is 4. The van der Waals surface area contributed by atoms with Crippen molar-refractivity contribution in [1.29, 1.82) is 0 Å². The molecule has 30 heavy (non-hydrogen) atoms. The van der Waals surface area contributed by atoms with Gasteiger partial charge in [-0.15, -0.1) is 0 Å². The van der Waals surface area contributed by atoms with E-state index in [4.69, 9.17) is 11.6 Å². The van der Waals surface area contributed by atoms with Crippen LogP contribution in [0.2, 0.25) is 5.02 Å². The van der Waals surface area contributed by atoms with Crippen molar-refractivity contribution < 1.29 is 15.3 Å². The molecule has 3 aromatic carbocycles. The average Bonchev–Trinajstić information content (AvgIpc) is 2.73. The fourth-order valence-corrected chi connectivity index (χ4v) is 3.48. The fraction of sp³-hybridized carbons (Fsp3) is 0.0435. The zero-order chi connectivity index (χ0) is 21.3. The molecule has 7 heteroatoms. The largest absolute Gasteiger partial charge is 0.504 e. The van der Waals surface area contributed by atoms with E-state index < -0.39 is 5.56 Å². The van der Waals surface area contributed by atoms with Gasteiger partial charge in [0.25, 0.3) is 5.56 Å². The minimum absolute atomic E-state index is 0.206. The summed E-state index contributed by atoms with van der Waals surface area (Å²) in [5.41, 5.74) is 2.24. The highest BCUT2D eigenvalue weighted by Crippen LogP contribution is 2.31. The molecule has 0 aliphatic rings. The molecule has 0 unspecified atom stereocenters. The Labute approximate surface area is 176 Å². The summed E-state index contributed by atoms with van der Waals surface area (Å²) in [5.74, 6) is -0.732. The first-order valence-corrected chi connectivity index (χ1v) is 9.46. The topological polar surface area (TPSA) is 106 Å². The Kier molecular flexibility index (Phi) is 5.16. The van der Waals surface area contributed by atoms with E-state index >= 15 is 0 Å². The zero-order valence-corrected chi connectivity index (χ0v) is 16.4. The monoisotopic (exact) mass is 420 g/mol. The van der Waals surface area contributed by atoms with Crippen LogP contribution in [0.25, 0.3) is 21.9 Å². The van der Waals surface area contributed by atoms with Crippen LogP contribution in [0.4, 0.5) is 0 Å². The predicted octanol–water partition coefficient (Wildman–Crippen LogP) is 4.58. The molecule has 6 nitrogen and oxygen atoms in total. The second-order valence-electron chi connectivity index (χ2n) is 6.75. The molecular weight excluding hydrogens is 404 g/mol. The van der Waals surface area contributed by atoms with Crippen LogP contribution in [0.1, 0.15) is 11.1 Å². The number of H-pyrrole nitrogens is 1. The smallest absolute Gasteiger partial charge is 0.258 e. The minimum Gasteiger partial charge on any atom is -0.504 e. The van der Waals surface area contributed by atoms with E-state index in [0.29, 0.717) is 26.9 Å². The van der Waals surface area contributed by atoms with Gasteiger partial charge in [-0.3, -0.25) is 14.8 Å². The van der Waals surface area contributed by atoms with Gasteiger partial charge in [0.15, 0.2) is 11.5 Å². The third-order valence-corrected chi connectivity index (χ3v) is 5.09. The van der Waals surface area contributed by atoms with Gasteiger partial charge in [0.2, 0.25) is 5.88 Å². The van der Waals surface area contributed by atoms with Gasteiger partial charge in [0, 0.05) is 27.6 Å². The van der Waals surface area contributed by atoms with Crippen LogP contribution in [-0.2, 0) is 6.54 Å². The normalized spacial score (nSPS) is 11.4. The van der Waals surface area contributed by atoms with Crippen molar-refractivity contribution >= 4 is 28.6 Å². The Morgan fingerprint density at radius 3 is 2.50 bits per heavy atom. The summed E-state index contributed by atoms with van der Waals surface area (Å²) >= 11 is 6.31. The maximum Gasteiger partial charge on any atom is 0.258 e. The molecule has 0 saturated carbocycles. The number of fused-ring (bicyclic) bond motifs is 1. The van der Waals surface area contributed by atoms with Gasteiger partial charge in [-0.1, -0.05) is 41.9 Å². The molecule has 0 fully saturated rings. The first kappa shape index (κ1) is 19.5. The van der Waals surface area contributed by atoms with Crippen LogP contribution in [-0.4, -0.2) is 26.5 Å². The summed E-state index contributed by atoms with van der Waals surface area (Å²) in [7, 11) is 0. The minimum atomic E-state index is -0.409. The van der Waals surface area contributed by atoms with E-state index in [-0.39, 0.29) is 23.9 Å². The third-order valence-electron chi connectivity index (χ3n) is 4.76. The van der Waals surface area contributed by atoms with E-state index in [1.165, 1.54) is 18.3 Å². The van der Waals surface area contributed by atoms with Gasteiger partial charge in [0.05, 0.1) is 12.1 Å². The molecule has 0 atom stereocenters. The van der Waals surface area contributed by atoms with E-state index in [2.05, 4.69) is 9.98 Å². The molecule has 0 radical (unpaired) electrons. The van der Waals surface area contributed by atoms with Gasteiger partial charge in [0.1, 0.15) is 0 Å². The van der Waals surface area contributed by atoms with Crippen molar-refractivity contribution in [2.45, 2.75) is 6.54 Å². The maximum atomic E-state index is 12.3. The van der Waals surface area contributed by atoms with Crippen molar-refractivity contribution in [1.82, 2.24) is 4.98 Å². The Morgan fingerprint density at radius 1 is 0.933 bits per heavy atom. The SMILES string of the molecule is O=c1[nH]c(O)c(C=NCc2ccc(O)c(O)c2)c2cc(-c3ccccc3Cl)ccc12. The molecule has 1 heterocycles. The molecule has 0 aliphatic carbocycles. The third kappa shape index (κ3) is 3.73. The molecule has 0 amide bonds. The highest BCUT2D eigenvalue weighted by atomic mass is 35.5. The van der Waals surface area contributed by atoms with Gasteiger partial charge in [-0.25, -0.2) is 0 Å². The van der Waals surface area contributed by atoms with Crippen molar-refractivity contribution in [2.24, 2.45) is 4.99 Å². The molecule has 0 saturated heterocycles. The van der Waals surface area contributed by atoms with Gasteiger partial charge in [-0.2, -0.15) is 0 Å². The number of aromatic amines is 1. The molecule has 0 spiro atoms. The lowest BCUT2D eigenvalue weighted by Gasteiger charge is -2.09. The Morgan fingerprint density at radius 2 is 1.73 bits per heavy atom. The summed E-state index contributed by atoms with van der Waals surface area (Å²) in [5, 5.41) is 30.9. The molecule has 4 aromatic rings. The molecular formula is C23H17ClN2O4. The van der Waals surface area contributed by atoms with Gasteiger partial charge >= 0.3 is 0 Å². The number of phenols is 2. The van der Waals surface area contributed by atoms with E-state index in [1.807, 2.05) is 18.2 Å². The van der Waals surface area contributed by atoms with Crippen molar-refractivity contribution in [3.05, 3.63) is 87.2 Å². The zero-order valence-electron chi connectivity index (χ0n) is 15.6. The number of halogens is 1. The number of phenolic OH excluding ortho intramolecular Hbond substituents is 2. The van der Waals surface area contributed by atoms with Crippen LogP contribution < -0.4 is 5.56 Å². The average molecular weight is 421 g/mol.